The van der Waals surface area contributed by atoms with Gasteiger partial charge in [0, 0.05) is 23.7 Å². The lowest BCUT2D eigenvalue weighted by atomic mass is 9.94. The standard InChI is InChI=1S/C17H17ClN2O3/c18-12-4-2-11(3-5-12)14-13(16(21)22)15(19-23-14)20-9-1-6-17(10-20)7-8-17/h2-5H,1,6-10H2,(H,21,22). The van der Waals surface area contributed by atoms with E-state index < -0.39 is 5.97 Å². The molecule has 1 aromatic heterocycles. The largest absolute Gasteiger partial charge is 0.477 e. The zero-order chi connectivity index (χ0) is 16.0. The molecule has 1 saturated carbocycles. The summed E-state index contributed by atoms with van der Waals surface area (Å²) in [7, 11) is 0. The number of aromatic nitrogens is 1. The molecule has 1 aliphatic heterocycles. The van der Waals surface area contributed by atoms with Crippen LogP contribution < -0.4 is 4.90 Å². The molecule has 2 heterocycles. The van der Waals surface area contributed by atoms with Crippen LogP contribution in [0, 0.1) is 5.41 Å². The first-order valence-electron chi connectivity index (χ1n) is 7.82. The van der Waals surface area contributed by atoms with Gasteiger partial charge in [-0.3, -0.25) is 0 Å². The summed E-state index contributed by atoms with van der Waals surface area (Å²) < 4.78 is 5.41. The molecule has 4 rings (SSSR count). The second kappa shape index (κ2) is 5.27. The molecule has 0 radical (unpaired) electrons. The summed E-state index contributed by atoms with van der Waals surface area (Å²) in [5.41, 5.74) is 1.20. The fourth-order valence-electron chi connectivity index (χ4n) is 3.46. The van der Waals surface area contributed by atoms with Gasteiger partial charge in [0.05, 0.1) is 0 Å². The van der Waals surface area contributed by atoms with Crippen LogP contribution in [0.3, 0.4) is 0 Å². The highest BCUT2D eigenvalue weighted by atomic mass is 35.5. The minimum Gasteiger partial charge on any atom is -0.477 e. The molecule has 1 aromatic carbocycles. The zero-order valence-electron chi connectivity index (χ0n) is 12.6. The van der Waals surface area contributed by atoms with Gasteiger partial charge in [-0.25, -0.2) is 4.79 Å². The molecule has 1 spiro atoms. The maximum atomic E-state index is 11.8. The Bertz CT molecular complexity index is 750. The number of anilines is 1. The molecule has 5 nitrogen and oxygen atoms in total. The first kappa shape index (κ1) is 14.6. The van der Waals surface area contributed by atoms with Crippen LogP contribution in [0.4, 0.5) is 5.82 Å². The average Bonchev–Trinajstić information content (AvgIpc) is 3.12. The van der Waals surface area contributed by atoms with Crippen molar-refractivity contribution in [1.29, 1.82) is 0 Å². The van der Waals surface area contributed by atoms with E-state index in [1.165, 1.54) is 19.3 Å². The molecule has 2 aromatic rings. The van der Waals surface area contributed by atoms with Crippen LogP contribution in [0.25, 0.3) is 11.3 Å². The van der Waals surface area contributed by atoms with Crippen molar-refractivity contribution < 1.29 is 14.4 Å². The lowest BCUT2D eigenvalue weighted by Gasteiger charge is -2.33. The van der Waals surface area contributed by atoms with Crippen molar-refractivity contribution in [2.45, 2.75) is 25.7 Å². The van der Waals surface area contributed by atoms with Gasteiger partial charge in [-0.05, 0) is 55.4 Å². The van der Waals surface area contributed by atoms with Gasteiger partial charge in [0.15, 0.2) is 17.1 Å². The normalized spacial score (nSPS) is 19.1. The molecule has 1 N–H and O–H groups in total. The summed E-state index contributed by atoms with van der Waals surface area (Å²) in [4.78, 5) is 13.9. The summed E-state index contributed by atoms with van der Waals surface area (Å²) in [6.45, 7) is 1.70. The first-order valence-corrected chi connectivity index (χ1v) is 8.20. The fraction of sp³-hybridized carbons (Fsp3) is 0.412. The Morgan fingerprint density at radius 2 is 2.00 bits per heavy atom. The van der Waals surface area contributed by atoms with Gasteiger partial charge in [-0.2, -0.15) is 0 Å². The van der Waals surface area contributed by atoms with Crippen LogP contribution in [0.5, 0.6) is 0 Å². The van der Waals surface area contributed by atoms with Crippen molar-refractivity contribution in [2.24, 2.45) is 5.41 Å². The third-order valence-electron chi connectivity index (χ3n) is 4.91. The highest BCUT2D eigenvalue weighted by Crippen LogP contribution is 2.52. The van der Waals surface area contributed by atoms with E-state index in [4.69, 9.17) is 16.1 Å². The van der Waals surface area contributed by atoms with Crippen molar-refractivity contribution in [3.8, 4) is 11.3 Å². The van der Waals surface area contributed by atoms with Gasteiger partial charge in [0.2, 0.25) is 0 Å². The maximum Gasteiger partial charge on any atom is 0.343 e. The van der Waals surface area contributed by atoms with Gasteiger partial charge in [0.25, 0.3) is 0 Å². The number of rotatable bonds is 3. The number of nitrogens with zero attached hydrogens (tertiary/aromatic N) is 2. The minimum atomic E-state index is -1.01. The number of piperidine rings is 1. The quantitative estimate of drug-likeness (QED) is 0.917. The Morgan fingerprint density at radius 3 is 2.65 bits per heavy atom. The Kier molecular flexibility index (Phi) is 3.34. The summed E-state index contributed by atoms with van der Waals surface area (Å²) in [5, 5.41) is 14.4. The van der Waals surface area contributed by atoms with Gasteiger partial charge in [-0.1, -0.05) is 16.8 Å². The number of carbonyl (C=O) groups is 1. The molecular weight excluding hydrogens is 316 g/mol. The Hall–Kier alpha value is -2.01. The van der Waals surface area contributed by atoms with E-state index in [9.17, 15) is 9.90 Å². The highest BCUT2D eigenvalue weighted by Gasteiger charge is 2.46. The molecule has 0 unspecified atom stereocenters. The Labute approximate surface area is 138 Å². The van der Waals surface area contributed by atoms with Crippen LogP contribution in [0.15, 0.2) is 28.8 Å². The monoisotopic (exact) mass is 332 g/mol. The number of carboxylic acid groups (broad SMARTS) is 1. The van der Waals surface area contributed by atoms with Crippen molar-refractivity contribution in [3.63, 3.8) is 0 Å². The van der Waals surface area contributed by atoms with E-state index in [1.807, 2.05) is 0 Å². The number of benzene rings is 1. The van der Waals surface area contributed by atoms with Crippen molar-refractivity contribution in [3.05, 3.63) is 34.9 Å². The van der Waals surface area contributed by atoms with E-state index in [-0.39, 0.29) is 5.56 Å². The van der Waals surface area contributed by atoms with Gasteiger partial charge in [0.1, 0.15) is 0 Å². The highest BCUT2D eigenvalue weighted by molar-refractivity contribution is 6.30. The van der Waals surface area contributed by atoms with Gasteiger partial charge >= 0.3 is 5.97 Å². The van der Waals surface area contributed by atoms with Crippen molar-refractivity contribution in [2.75, 3.05) is 18.0 Å². The molecule has 2 fully saturated rings. The SMILES string of the molecule is O=C(O)c1c(N2CCCC3(CC3)C2)noc1-c1ccc(Cl)cc1. The molecule has 120 valence electrons. The molecule has 0 amide bonds. The molecule has 6 heteroatoms. The zero-order valence-corrected chi connectivity index (χ0v) is 13.3. The smallest absolute Gasteiger partial charge is 0.343 e. The van der Waals surface area contributed by atoms with Crippen LogP contribution in [-0.2, 0) is 0 Å². The van der Waals surface area contributed by atoms with Gasteiger partial charge < -0.3 is 14.5 Å². The number of hydrogen-bond donors (Lipinski definition) is 1. The van der Waals surface area contributed by atoms with E-state index in [0.29, 0.717) is 27.6 Å². The Balaban J connectivity index is 1.73. The third kappa shape index (κ3) is 2.59. The molecule has 23 heavy (non-hydrogen) atoms. The second-order valence-electron chi connectivity index (χ2n) is 6.55. The summed E-state index contributed by atoms with van der Waals surface area (Å²) in [6.07, 6.45) is 4.76. The Morgan fingerprint density at radius 1 is 1.26 bits per heavy atom. The topological polar surface area (TPSA) is 66.6 Å². The van der Waals surface area contributed by atoms with Crippen molar-refractivity contribution >= 4 is 23.4 Å². The van der Waals surface area contributed by atoms with Crippen LogP contribution >= 0.6 is 11.6 Å². The maximum absolute atomic E-state index is 11.8. The summed E-state index contributed by atoms with van der Waals surface area (Å²) in [6, 6.07) is 6.92. The van der Waals surface area contributed by atoms with Crippen LogP contribution in [0.1, 0.15) is 36.0 Å². The molecular formula is C17H17ClN2O3. The van der Waals surface area contributed by atoms with Gasteiger partial charge in [-0.15, -0.1) is 0 Å². The first-order chi connectivity index (χ1) is 11.1. The number of halogens is 1. The summed E-state index contributed by atoms with van der Waals surface area (Å²) in [5.74, 6) is -0.269. The molecule has 1 aliphatic carbocycles. The lowest BCUT2D eigenvalue weighted by molar-refractivity contribution is 0.0697. The number of aromatic carboxylic acids is 1. The van der Waals surface area contributed by atoms with E-state index in [1.54, 1.807) is 24.3 Å². The molecule has 1 saturated heterocycles. The van der Waals surface area contributed by atoms with Crippen molar-refractivity contribution in [1.82, 2.24) is 5.16 Å². The molecule has 0 atom stereocenters. The lowest BCUT2D eigenvalue weighted by Crippen LogP contribution is -2.37. The number of hydrogen-bond acceptors (Lipinski definition) is 4. The predicted molar refractivity (Wildman–Crippen MR) is 87.0 cm³/mol. The number of carboxylic acids is 1. The summed E-state index contributed by atoms with van der Waals surface area (Å²) >= 11 is 5.90. The fourth-order valence-corrected chi connectivity index (χ4v) is 3.59. The predicted octanol–water partition coefficient (Wildman–Crippen LogP) is 4.07. The molecule has 0 bridgehead atoms. The van der Waals surface area contributed by atoms with Crippen LogP contribution in [0.2, 0.25) is 5.02 Å². The second-order valence-corrected chi connectivity index (χ2v) is 6.98. The third-order valence-corrected chi connectivity index (χ3v) is 5.16. The van der Waals surface area contributed by atoms with E-state index >= 15 is 0 Å². The average molecular weight is 333 g/mol. The van der Waals surface area contributed by atoms with E-state index in [2.05, 4.69) is 10.1 Å². The minimum absolute atomic E-state index is 0.144. The molecule has 2 aliphatic rings. The van der Waals surface area contributed by atoms with Crippen LogP contribution in [-0.4, -0.2) is 29.3 Å². The van der Waals surface area contributed by atoms with E-state index in [0.717, 1.165) is 19.5 Å².